The molecule has 7 nitrogen and oxygen atoms in total. The van der Waals surface area contributed by atoms with Crippen molar-refractivity contribution in [2.75, 3.05) is 6.61 Å². The maximum atomic E-state index is 11.7. The van der Waals surface area contributed by atoms with Crippen LogP contribution in [-0.4, -0.2) is 43.9 Å². The first-order valence-corrected chi connectivity index (χ1v) is 6.79. The molecule has 102 valence electrons. The van der Waals surface area contributed by atoms with Crippen molar-refractivity contribution in [2.24, 2.45) is 0 Å². The van der Waals surface area contributed by atoms with Crippen LogP contribution in [0.15, 0.2) is 17.5 Å². The molecule has 0 fully saturated rings. The fourth-order valence-electron chi connectivity index (χ4n) is 1.53. The first-order valence-electron chi connectivity index (χ1n) is 5.91. The molecule has 0 bridgehead atoms. The summed E-state index contributed by atoms with van der Waals surface area (Å²) in [7, 11) is 0. The molecule has 8 heteroatoms. The van der Waals surface area contributed by atoms with E-state index in [0.29, 0.717) is 12.2 Å². The smallest absolute Gasteiger partial charge is 0.243 e. The van der Waals surface area contributed by atoms with Crippen LogP contribution in [-0.2, 0) is 11.3 Å². The van der Waals surface area contributed by atoms with Gasteiger partial charge in [-0.1, -0.05) is 6.07 Å². The number of aliphatic hydroxyl groups is 1. The highest BCUT2D eigenvalue weighted by molar-refractivity contribution is 7.13. The highest BCUT2D eigenvalue weighted by Gasteiger charge is 2.11. The molecule has 0 radical (unpaired) electrons. The SMILES string of the molecule is CC(CCO)NC(=O)Cn1nnc(-c2cccs2)n1. The normalized spacial score (nSPS) is 12.3. The average molecular weight is 281 g/mol. The van der Waals surface area contributed by atoms with Gasteiger partial charge in [0.25, 0.3) is 0 Å². The number of carbonyl (C=O) groups excluding carboxylic acids is 1. The maximum Gasteiger partial charge on any atom is 0.243 e. The summed E-state index contributed by atoms with van der Waals surface area (Å²) in [5.41, 5.74) is 0. The molecule has 2 aromatic rings. The van der Waals surface area contributed by atoms with Crippen molar-refractivity contribution in [3.63, 3.8) is 0 Å². The van der Waals surface area contributed by atoms with Crippen LogP contribution in [0.2, 0.25) is 0 Å². The van der Waals surface area contributed by atoms with Crippen molar-refractivity contribution in [3.05, 3.63) is 17.5 Å². The summed E-state index contributed by atoms with van der Waals surface area (Å²) in [4.78, 5) is 13.9. The molecular formula is C11H15N5O2S. The molecule has 0 saturated carbocycles. The number of rotatable bonds is 6. The molecule has 2 aromatic heterocycles. The van der Waals surface area contributed by atoms with Gasteiger partial charge in [-0.3, -0.25) is 4.79 Å². The van der Waals surface area contributed by atoms with Crippen LogP contribution in [0.4, 0.5) is 0 Å². The van der Waals surface area contributed by atoms with Crippen LogP contribution < -0.4 is 5.32 Å². The van der Waals surface area contributed by atoms with Crippen LogP contribution in [0.1, 0.15) is 13.3 Å². The van der Waals surface area contributed by atoms with E-state index in [-0.39, 0.29) is 25.1 Å². The summed E-state index contributed by atoms with van der Waals surface area (Å²) in [5, 5.41) is 25.3. The van der Waals surface area contributed by atoms with Gasteiger partial charge in [-0.05, 0) is 30.0 Å². The van der Waals surface area contributed by atoms with E-state index in [1.165, 1.54) is 16.1 Å². The van der Waals surface area contributed by atoms with Crippen LogP contribution in [0.5, 0.6) is 0 Å². The summed E-state index contributed by atoms with van der Waals surface area (Å²) in [6.45, 7) is 1.90. The van der Waals surface area contributed by atoms with Gasteiger partial charge in [0.05, 0.1) is 4.88 Å². The van der Waals surface area contributed by atoms with Crippen LogP contribution >= 0.6 is 11.3 Å². The maximum absolute atomic E-state index is 11.7. The Labute approximate surface area is 114 Å². The predicted molar refractivity (Wildman–Crippen MR) is 70.4 cm³/mol. The number of hydrogen-bond donors (Lipinski definition) is 2. The number of nitrogens with zero attached hydrogens (tertiary/aromatic N) is 4. The average Bonchev–Trinajstić information content (AvgIpc) is 2.98. The van der Waals surface area contributed by atoms with Crippen molar-refractivity contribution in [1.29, 1.82) is 0 Å². The van der Waals surface area contributed by atoms with E-state index in [1.54, 1.807) is 0 Å². The highest BCUT2D eigenvalue weighted by Crippen LogP contribution is 2.19. The molecule has 1 amide bonds. The number of aromatic nitrogens is 4. The minimum atomic E-state index is -0.198. The minimum Gasteiger partial charge on any atom is -0.396 e. The third kappa shape index (κ3) is 3.83. The lowest BCUT2D eigenvalue weighted by Crippen LogP contribution is -2.36. The first kappa shape index (κ1) is 13.6. The monoisotopic (exact) mass is 281 g/mol. The molecule has 2 rings (SSSR count). The Balaban J connectivity index is 1.91. The van der Waals surface area contributed by atoms with Gasteiger partial charge in [0, 0.05) is 12.6 Å². The molecule has 0 aliphatic rings. The summed E-state index contributed by atoms with van der Waals surface area (Å²) in [5.74, 6) is 0.322. The molecule has 1 unspecified atom stereocenters. The molecule has 19 heavy (non-hydrogen) atoms. The lowest BCUT2D eigenvalue weighted by molar-refractivity contribution is -0.122. The van der Waals surface area contributed by atoms with Gasteiger partial charge in [0.15, 0.2) is 0 Å². The third-order valence-electron chi connectivity index (χ3n) is 2.45. The second-order valence-corrected chi connectivity index (χ2v) is 5.05. The second-order valence-electron chi connectivity index (χ2n) is 4.10. The zero-order chi connectivity index (χ0) is 13.7. The Morgan fingerprint density at radius 3 is 3.16 bits per heavy atom. The van der Waals surface area contributed by atoms with E-state index < -0.39 is 0 Å². The number of amides is 1. The van der Waals surface area contributed by atoms with Crippen molar-refractivity contribution < 1.29 is 9.90 Å². The standard InChI is InChI=1S/C11H15N5O2S/c1-8(4-5-17)12-10(18)7-16-14-11(13-15-16)9-3-2-6-19-9/h2-3,6,8,17H,4-5,7H2,1H3,(H,12,18). The molecule has 2 heterocycles. The van der Waals surface area contributed by atoms with E-state index in [9.17, 15) is 4.79 Å². The van der Waals surface area contributed by atoms with E-state index in [0.717, 1.165) is 4.88 Å². The number of nitrogens with one attached hydrogen (secondary N) is 1. The summed E-state index contributed by atoms with van der Waals surface area (Å²) < 4.78 is 0. The van der Waals surface area contributed by atoms with Crippen LogP contribution in [0, 0.1) is 0 Å². The summed E-state index contributed by atoms with van der Waals surface area (Å²) in [6, 6.07) is 3.73. The van der Waals surface area contributed by atoms with Crippen molar-refractivity contribution >= 4 is 17.2 Å². The van der Waals surface area contributed by atoms with E-state index in [2.05, 4.69) is 20.7 Å². The second kappa shape index (κ2) is 6.39. The lowest BCUT2D eigenvalue weighted by atomic mass is 10.2. The van der Waals surface area contributed by atoms with Crippen molar-refractivity contribution in [1.82, 2.24) is 25.5 Å². The number of tetrazole rings is 1. The summed E-state index contributed by atoms with van der Waals surface area (Å²) in [6.07, 6.45) is 0.525. The van der Waals surface area contributed by atoms with Gasteiger partial charge in [-0.2, -0.15) is 4.80 Å². The molecule has 0 aromatic carbocycles. The number of thiophene rings is 1. The zero-order valence-corrected chi connectivity index (χ0v) is 11.3. The van der Waals surface area contributed by atoms with Gasteiger partial charge in [0.1, 0.15) is 6.54 Å². The van der Waals surface area contributed by atoms with Gasteiger partial charge >= 0.3 is 0 Å². The lowest BCUT2D eigenvalue weighted by Gasteiger charge is -2.11. The Hall–Kier alpha value is -1.80. The van der Waals surface area contributed by atoms with Gasteiger partial charge in [-0.15, -0.1) is 21.5 Å². The molecule has 0 aliphatic carbocycles. The number of hydrogen-bond acceptors (Lipinski definition) is 6. The number of aliphatic hydroxyl groups excluding tert-OH is 1. The molecule has 1 atom stereocenters. The molecule has 0 saturated heterocycles. The number of carbonyl (C=O) groups is 1. The van der Waals surface area contributed by atoms with Crippen molar-refractivity contribution in [3.8, 4) is 10.7 Å². The van der Waals surface area contributed by atoms with E-state index in [4.69, 9.17) is 5.11 Å². The van der Waals surface area contributed by atoms with Crippen molar-refractivity contribution in [2.45, 2.75) is 25.9 Å². The Bertz CT molecular complexity index is 525. The molecule has 2 N–H and O–H groups in total. The fraction of sp³-hybridized carbons (Fsp3) is 0.455. The van der Waals surface area contributed by atoms with Gasteiger partial charge in [0.2, 0.25) is 11.7 Å². The molecule has 0 spiro atoms. The fourth-order valence-corrected chi connectivity index (χ4v) is 2.18. The van der Waals surface area contributed by atoms with E-state index >= 15 is 0 Å². The Morgan fingerprint density at radius 2 is 2.47 bits per heavy atom. The molecular weight excluding hydrogens is 266 g/mol. The highest BCUT2D eigenvalue weighted by atomic mass is 32.1. The zero-order valence-electron chi connectivity index (χ0n) is 10.5. The Morgan fingerprint density at radius 1 is 1.63 bits per heavy atom. The van der Waals surface area contributed by atoms with Gasteiger partial charge in [-0.25, -0.2) is 0 Å². The third-order valence-corrected chi connectivity index (χ3v) is 3.31. The Kier molecular flexibility index (Phi) is 4.58. The summed E-state index contributed by atoms with van der Waals surface area (Å²) >= 11 is 1.52. The first-order chi connectivity index (χ1) is 9.19. The predicted octanol–water partition coefficient (Wildman–Crippen LogP) is 0.289. The topological polar surface area (TPSA) is 92.9 Å². The minimum absolute atomic E-state index is 0.0220. The molecule has 0 aliphatic heterocycles. The van der Waals surface area contributed by atoms with Gasteiger partial charge < -0.3 is 10.4 Å². The van der Waals surface area contributed by atoms with E-state index in [1.807, 2.05) is 24.4 Å². The quantitative estimate of drug-likeness (QED) is 0.794. The largest absolute Gasteiger partial charge is 0.396 e. The van der Waals surface area contributed by atoms with Crippen LogP contribution in [0.3, 0.4) is 0 Å². The van der Waals surface area contributed by atoms with Crippen LogP contribution in [0.25, 0.3) is 10.7 Å².